The number of benzene rings is 2. The second-order valence-corrected chi connectivity index (χ2v) is 5.59. The molecule has 5 heteroatoms. The van der Waals surface area contributed by atoms with Gasteiger partial charge in [-0.25, -0.2) is 4.79 Å². The van der Waals surface area contributed by atoms with Crippen molar-refractivity contribution < 1.29 is 19.0 Å². The van der Waals surface area contributed by atoms with E-state index >= 15 is 0 Å². The van der Waals surface area contributed by atoms with Gasteiger partial charge in [-0.3, -0.25) is 0 Å². The molecular formula is C20H21NO4. The van der Waals surface area contributed by atoms with Crippen molar-refractivity contribution in [2.24, 2.45) is 0 Å². The van der Waals surface area contributed by atoms with E-state index in [1.165, 1.54) is 19.2 Å². The van der Waals surface area contributed by atoms with Gasteiger partial charge in [0.05, 0.1) is 18.7 Å². The van der Waals surface area contributed by atoms with Gasteiger partial charge in [-0.05, 0) is 36.1 Å². The molecule has 0 aliphatic heterocycles. The Balaban J connectivity index is 2.04. The topological polar surface area (TPSA) is 68.5 Å². The van der Waals surface area contributed by atoms with Crippen molar-refractivity contribution in [3.05, 3.63) is 53.6 Å². The molecule has 2 aromatic rings. The van der Waals surface area contributed by atoms with Gasteiger partial charge in [-0.2, -0.15) is 5.26 Å². The number of esters is 1. The number of hydrogen-bond donors (Lipinski definition) is 0. The quantitative estimate of drug-likeness (QED) is 0.562. The molecule has 0 saturated heterocycles. The summed E-state index contributed by atoms with van der Waals surface area (Å²) < 4.78 is 16.1. The number of nitrogens with zero attached hydrogens (tertiary/aromatic N) is 1. The van der Waals surface area contributed by atoms with Gasteiger partial charge in [-0.15, -0.1) is 0 Å². The van der Waals surface area contributed by atoms with E-state index in [0.717, 1.165) is 12.0 Å². The second kappa shape index (κ2) is 8.74. The van der Waals surface area contributed by atoms with Gasteiger partial charge in [0.15, 0.2) is 18.1 Å². The molecule has 1 unspecified atom stereocenters. The number of nitriles is 1. The largest absolute Gasteiger partial charge is 0.493 e. The van der Waals surface area contributed by atoms with Crippen LogP contribution in [0.5, 0.6) is 17.2 Å². The third-order valence-electron chi connectivity index (χ3n) is 3.92. The number of rotatable bonds is 7. The second-order valence-electron chi connectivity index (χ2n) is 5.59. The van der Waals surface area contributed by atoms with E-state index in [9.17, 15) is 4.79 Å². The molecule has 25 heavy (non-hydrogen) atoms. The maximum absolute atomic E-state index is 12.1. The summed E-state index contributed by atoms with van der Waals surface area (Å²) in [5.41, 5.74) is 1.49. The Morgan fingerprint density at radius 1 is 1.16 bits per heavy atom. The van der Waals surface area contributed by atoms with Gasteiger partial charge < -0.3 is 14.2 Å². The lowest BCUT2D eigenvalue weighted by Gasteiger charge is -2.15. The molecule has 0 aliphatic carbocycles. The number of carbonyl (C=O) groups is 1. The van der Waals surface area contributed by atoms with Crippen LogP contribution in [0.25, 0.3) is 0 Å². The van der Waals surface area contributed by atoms with Crippen LogP contribution < -0.4 is 14.2 Å². The Morgan fingerprint density at radius 2 is 1.92 bits per heavy atom. The number of methoxy groups -OCH3 is 1. The summed E-state index contributed by atoms with van der Waals surface area (Å²) in [5.74, 6) is 1.06. The van der Waals surface area contributed by atoms with Gasteiger partial charge in [0, 0.05) is 6.07 Å². The highest BCUT2D eigenvalue weighted by Gasteiger charge is 2.14. The lowest BCUT2D eigenvalue weighted by atomic mass is 9.98. The summed E-state index contributed by atoms with van der Waals surface area (Å²) in [4.78, 5) is 12.1. The predicted octanol–water partition coefficient (Wildman–Crippen LogP) is 4.06. The first-order chi connectivity index (χ1) is 12.1. The Morgan fingerprint density at radius 3 is 2.60 bits per heavy atom. The summed E-state index contributed by atoms with van der Waals surface area (Å²) in [6.07, 6.45) is 0.979. The summed E-state index contributed by atoms with van der Waals surface area (Å²) >= 11 is 0. The predicted molar refractivity (Wildman–Crippen MR) is 94.0 cm³/mol. The molecule has 0 aromatic heterocycles. The average molecular weight is 339 g/mol. The Labute approximate surface area is 147 Å². The zero-order valence-electron chi connectivity index (χ0n) is 14.6. The van der Waals surface area contributed by atoms with Crippen LogP contribution >= 0.6 is 0 Å². The van der Waals surface area contributed by atoms with E-state index in [1.54, 1.807) is 6.07 Å². The van der Waals surface area contributed by atoms with E-state index in [-0.39, 0.29) is 12.4 Å². The summed E-state index contributed by atoms with van der Waals surface area (Å²) in [6, 6.07) is 14.3. The lowest BCUT2D eigenvalue weighted by Crippen LogP contribution is -2.18. The zero-order chi connectivity index (χ0) is 18.2. The first-order valence-electron chi connectivity index (χ1n) is 8.09. The highest BCUT2D eigenvalue weighted by molar-refractivity contribution is 5.75. The maximum Gasteiger partial charge on any atom is 0.349 e. The number of para-hydroxylation sites is 1. The van der Waals surface area contributed by atoms with Crippen LogP contribution in [0, 0.1) is 11.3 Å². The molecule has 0 N–H and O–H groups in total. The third-order valence-corrected chi connectivity index (χ3v) is 3.92. The molecule has 0 radical (unpaired) electrons. The van der Waals surface area contributed by atoms with Crippen LogP contribution in [0.3, 0.4) is 0 Å². The minimum Gasteiger partial charge on any atom is -0.493 e. The minimum absolute atomic E-state index is 0.212. The number of ether oxygens (including phenoxy) is 3. The molecule has 5 nitrogen and oxygen atoms in total. The van der Waals surface area contributed by atoms with Crippen LogP contribution in [0.2, 0.25) is 0 Å². The summed E-state index contributed by atoms with van der Waals surface area (Å²) in [5, 5.41) is 8.90. The van der Waals surface area contributed by atoms with Crippen molar-refractivity contribution in [3.63, 3.8) is 0 Å². The first-order valence-corrected chi connectivity index (χ1v) is 8.09. The van der Waals surface area contributed by atoms with Crippen LogP contribution in [-0.4, -0.2) is 19.7 Å². The molecule has 0 bridgehead atoms. The molecule has 0 aliphatic rings. The average Bonchev–Trinajstić information content (AvgIpc) is 2.66. The fourth-order valence-electron chi connectivity index (χ4n) is 2.35. The van der Waals surface area contributed by atoms with Crippen molar-refractivity contribution in [1.29, 1.82) is 5.26 Å². The summed E-state index contributed by atoms with van der Waals surface area (Å²) in [7, 11) is 1.45. The van der Waals surface area contributed by atoms with Gasteiger partial charge in [0.25, 0.3) is 0 Å². The zero-order valence-corrected chi connectivity index (χ0v) is 14.6. The van der Waals surface area contributed by atoms with E-state index < -0.39 is 5.97 Å². The fourth-order valence-corrected chi connectivity index (χ4v) is 2.35. The Hall–Kier alpha value is -3.00. The van der Waals surface area contributed by atoms with Crippen molar-refractivity contribution in [2.45, 2.75) is 26.2 Å². The molecule has 0 fully saturated rings. The molecule has 2 rings (SSSR count). The van der Waals surface area contributed by atoms with E-state index in [0.29, 0.717) is 23.0 Å². The monoisotopic (exact) mass is 339 g/mol. The van der Waals surface area contributed by atoms with Crippen LogP contribution in [0.1, 0.15) is 37.3 Å². The highest BCUT2D eigenvalue weighted by Crippen LogP contribution is 2.29. The Kier molecular flexibility index (Phi) is 6.41. The minimum atomic E-state index is -0.540. The molecule has 0 saturated carbocycles. The van der Waals surface area contributed by atoms with Gasteiger partial charge in [0.1, 0.15) is 5.75 Å². The van der Waals surface area contributed by atoms with E-state index in [1.807, 2.05) is 30.3 Å². The molecule has 0 amide bonds. The molecular weight excluding hydrogens is 318 g/mol. The lowest BCUT2D eigenvalue weighted by molar-refractivity contribution is -0.136. The Bertz CT molecular complexity index is 780. The smallest absolute Gasteiger partial charge is 0.349 e. The van der Waals surface area contributed by atoms with Crippen molar-refractivity contribution in [3.8, 4) is 23.3 Å². The van der Waals surface area contributed by atoms with Crippen molar-refractivity contribution >= 4 is 5.97 Å². The van der Waals surface area contributed by atoms with Crippen molar-refractivity contribution in [2.75, 3.05) is 13.7 Å². The number of carbonyl (C=O) groups excluding carboxylic acids is 1. The van der Waals surface area contributed by atoms with E-state index in [2.05, 4.69) is 13.8 Å². The number of hydrogen-bond acceptors (Lipinski definition) is 5. The van der Waals surface area contributed by atoms with E-state index in [4.69, 9.17) is 19.5 Å². The van der Waals surface area contributed by atoms with Crippen LogP contribution in [-0.2, 0) is 4.79 Å². The molecule has 130 valence electrons. The molecule has 1 atom stereocenters. The molecule has 0 spiro atoms. The third kappa shape index (κ3) is 4.74. The van der Waals surface area contributed by atoms with Crippen LogP contribution in [0.4, 0.5) is 0 Å². The normalized spacial score (nSPS) is 11.3. The summed E-state index contributed by atoms with van der Waals surface area (Å²) in [6.45, 7) is 4.01. The first kappa shape index (κ1) is 18.3. The SMILES string of the molecule is CCC(C)c1ccccc1OCC(=O)Oc1ccc(C#N)cc1OC. The standard InChI is InChI=1S/C20H21NO4/c1-4-14(2)16-7-5-6-8-17(16)24-13-20(22)25-18-10-9-15(12-21)11-19(18)23-3/h5-11,14H,4,13H2,1-3H3. The van der Waals surface area contributed by atoms with Crippen LogP contribution in [0.15, 0.2) is 42.5 Å². The van der Waals surface area contributed by atoms with Crippen molar-refractivity contribution in [1.82, 2.24) is 0 Å². The highest BCUT2D eigenvalue weighted by atomic mass is 16.6. The maximum atomic E-state index is 12.1. The molecule has 2 aromatic carbocycles. The van der Waals surface area contributed by atoms with Gasteiger partial charge in [0.2, 0.25) is 0 Å². The van der Waals surface area contributed by atoms with Gasteiger partial charge >= 0.3 is 5.97 Å². The van der Waals surface area contributed by atoms with Gasteiger partial charge in [-0.1, -0.05) is 32.0 Å². The molecule has 0 heterocycles. The fraction of sp³-hybridized carbons (Fsp3) is 0.300.